The van der Waals surface area contributed by atoms with Crippen LogP contribution < -0.4 is 15.5 Å². The Morgan fingerprint density at radius 2 is 1.73 bits per heavy atom. The van der Waals surface area contributed by atoms with E-state index in [1.807, 2.05) is 0 Å². The van der Waals surface area contributed by atoms with Crippen LogP contribution in [0.2, 0.25) is 0 Å². The molecule has 3 aliphatic rings. The standard InChI is InChI=1S/C25H36N10O2/c1-15(2)13-35-22-19(29-25(35)33-5-6-34(16(3)14-33)23-17(4)37-23)21(32-7-9-36-10-8-32)30-20(31-22)18-11-27-24(26)28-12-18/h11-12,15-17,23H,5-10,13-14H2,1-4H3,(H2,26,27,28)/t16-,17?,23?/m1/s1. The number of anilines is 3. The van der Waals surface area contributed by atoms with Gasteiger partial charge in [0, 0.05) is 57.7 Å². The highest BCUT2D eigenvalue weighted by atomic mass is 16.6. The summed E-state index contributed by atoms with van der Waals surface area (Å²) in [6.45, 7) is 15.2. The molecule has 0 radical (unpaired) electrons. The zero-order valence-corrected chi connectivity index (χ0v) is 22.0. The number of nitrogen functional groups attached to an aromatic ring is 1. The minimum absolute atomic E-state index is 0.227. The molecule has 0 amide bonds. The van der Waals surface area contributed by atoms with Crippen molar-refractivity contribution in [3.8, 4) is 11.4 Å². The maximum Gasteiger partial charge on any atom is 0.219 e. The van der Waals surface area contributed by atoms with E-state index in [4.69, 9.17) is 30.2 Å². The first kappa shape index (κ1) is 24.3. The number of imidazole rings is 1. The van der Waals surface area contributed by atoms with Gasteiger partial charge < -0.3 is 25.0 Å². The van der Waals surface area contributed by atoms with Crippen molar-refractivity contribution in [2.45, 2.75) is 52.6 Å². The third-order valence-electron chi connectivity index (χ3n) is 7.31. The normalized spacial score (nSPS) is 24.8. The van der Waals surface area contributed by atoms with Gasteiger partial charge in [-0.2, -0.15) is 0 Å². The number of aromatic nitrogens is 6. The first-order valence-electron chi connectivity index (χ1n) is 13.2. The maximum absolute atomic E-state index is 5.77. The number of nitrogens with two attached hydrogens (primary N) is 1. The molecule has 3 aromatic rings. The smallest absolute Gasteiger partial charge is 0.219 e. The first-order valence-corrected chi connectivity index (χ1v) is 13.2. The fraction of sp³-hybridized carbons (Fsp3) is 0.640. The van der Waals surface area contributed by atoms with Gasteiger partial charge in [-0.1, -0.05) is 13.8 Å². The topological polar surface area (TPSA) is 127 Å². The van der Waals surface area contributed by atoms with Crippen LogP contribution in [0.3, 0.4) is 0 Å². The van der Waals surface area contributed by atoms with Crippen molar-refractivity contribution >= 4 is 28.9 Å². The molecule has 3 atom stereocenters. The number of piperazine rings is 1. The van der Waals surface area contributed by atoms with Gasteiger partial charge in [0.2, 0.25) is 11.9 Å². The van der Waals surface area contributed by atoms with Crippen LogP contribution in [0.1, 0.15) is 27.7 Å². The molecule has 6 rings (SSSR count). The van der Waals surface area contributed by atoms with Crippen molar-refractivity contribution in [3.05, 3.63) is 12.4 Å². The molecule has 12 heteroatoms. The van der Waals surface area contributed by atoms with Gasteiger partial charge in [-0.3, -0.25) is 9.47 Å². The highest BCUT2D eigenvalue weighted by Gasteiger charge is 2.44. The third kappa shape index (κ3) is 4.69. The number of rotatable bonds is 6. The van der Waals surface area contributed by atoms with E-state index in [2.05, 4.69) is 56.9 Å². The third-order valence-corrected chi connectivity index (χ3v) is 7.31. The lowest BCUT2D eigenvalue weighted by Gasteiger charge is -2.39. The van der Waals surface area contributed by atoms with Crippen LogP contribution in [-0.4, -0.2) is 98.7 Å². The number of fused-ring (bicyclic) bond motifs is 1. The number of hydrogen-bond acceptors (Lipinski definition) is 11. The van der Waals surface area contributed by atoms with E-state index < -0.39 is 0 Å². The van der Waals surface area contributed by atoms with Crippen LogP contribution in [0.5, 0.6) is 0 Å². The maximum atomic E-state index is 5.77. The molecule has 3 fully saturated rings. The quantitative estimate of drug-likeness (QED) is 0.488. The summed E-state index contributed by atoms with van der Waals surface area (Å²) in [4.78, 5) is 30.7. The SMILES string of the molecule is CC(C)Cn1c(N2CCN(C3OC3C)[C@H](C)C2)nc2c(N3CCOCC3)nc(-c3cnc(N)nc3)nc21. The summed E-state index contributed by atoms with van der Waals surface area (Å²) in [6, 6.07) is 0.364. The van der Waals surface area contributed by atoms with Gasteiger partial charge in [-0.05, 0) is 19.8 Å². The van der Waals surface area contributed by atoms with Gasteiger partial charge in [-0.15, -0.1) is 0 Å². The van der Waals surface area contributed by atoms with E-state index in [0.717, 1.165) is 67.8 Å². The second-order valence-electron chi connectivity index (χ2n) is 10.7. The van der Waals surface area contributed by atoms with Crippen molar-refractivity contribution in [2.24, 2.45) is 5.92 Å². The minimum Gasteiger partial charge on any atom is -0.378 e. The Morgan fingerprint density at radius 3 is 2.38 bits per heavy atom. The Morgan fingerprint density at radius 1 is 1.00 bits per heavy atom. The fourth-order valence-corrected chi connectivity index (χ4v) is 5.38. The zero-order valence-electron chi connectivity index (χ0n) is 22.0. The number of morpholine rings is 1. The predicted octanol–water partition coefficient (Wildman–Crippen LogP) is 1.61. The van der Waals surface area contributed by atoms with E-state index in [0.29, 0.717) is 37.1 Å². The van der Waals surface area contributed by atoms with Gasteiger partial charge in [0.05, 0.1) is 24.9 Å². The van der Waals surface area contributed by atoms with E-state index in [-0.39, 0.29) is 12.2 Å². The van der Waals surface area contributed by atoms with Crippen LogP contribution in [0.4, 0.5) is 17.7 Å². The molecule has 2 unspecified atom stereocenters. The van der Waals surface area contributed by atoms with Crippen LogP contribution in [0.15, 0.2) is 12.4 Å². The summed E-state index contributed by atoms with van der Waals surface area (Å²) in [5, 5.41) is 0. The van der Waals surface area contributed by atoms with Crippen molar-refractivity contribution in [1.29, 1.82) is 0 Å². The number of nitrogens with zero attached hydrogens (tertiary/aromatic N) is 9. The average molecular weight is 509 g/mol. The largest absolute Gasteiger partial charge is 0.378 e. The molecular weight excluding hydrogens is 472 g/mol. The molecule has 12 nitrogen and oxygen atoms in total. The predicted molar refractivity (Wildman–Crippen MR) is 141 cm³/mol. The fourth-order valence-electron chi connectivity index (χ4n) is 5.38. The molecule has 37 heavy (non-hydrogen) atoms. The second kappa shape index (κ2) is 9.66. The van der Waals surface area contributed by atoms with Gasteiger partial charge in [0.25, 0.3) is 0 Å². The number of epoxide rings is 1. The molecule has 3 aromatic heterocycles. The van der Waals surface area contributed by atoms with Gasteiger partial charge >= 0.3 is 0 Å². The highest BCUT2D eigenvalue weighted by Crippen LogP contribution is 2.34. The molecule has 0 spiro atoms. The molecule has 198 valence electrons. The van der Waals surface area contributed by atoms with Crippen LogP contribution in [0.25, 0.3) is 22.6 Å². The van der Waals surface area contributed by atoms with Crippen LogP contribution in [-0.2, 0) is 16.0 Å². The van der Waals surface area contributed by atoms with Crippen molar-refractivity contribution in [3.63, 3.8) is 0 Å². The summed E-state index contributed by atoms with van der Waals surface area (Å²) in [5.74, 6) is 3.00. The molecule has 0 bridgehead atoms. The monoisotopic (exact) mass is 508 g/mol. The van der Waals surface area contributed by atoms with Crippen LogP contribution >= 0.6 is 0 Å². The molecule has 0 aromatic carbocycles. The Bertz CT molecular complexity index is 1260. The lowest BCUT2D eigenvalue weighted by molar-refractivity contribution is 0.118. The Kier molecular flexibility index (Phi) is 6.33. The summed E-state index contributed by atoms with van der Waals surface area (Å²) >= 11 is 0. The van der Waals surface area contributed by atoms with E-state index in [1.165, 1.54) is 0 Å². The van der Waals surface area contributed by atoms with E-state index in [1.54, 1.807) is 12.4 Å². The first-order chi connectivity index (χ1) is 17.9. The van der Waals surface area contributed by atoms with Crippen molar-refractivity contribution < 1.29 is 9.47 Å². The molecule has 0 saturated carbocycles. The highest BCUT2D eigenvalue weighted by molar-refractivity contribution is 5.88. The number of hydrogen-bond donors (Lipinski definition) is 1. The zero-order chi connectivity index (χ0) is 25.7. The molecular formula is C25H36N10O2. The summed E-state index contributed by atoms with van der Waals surface area (Å²) < 4.78 is 13.7. The minimum atomic E-state index is 0.227. The molecule has 0 aliphatic carbocycles. The van der Waals surface area contributed by atoms with Gasteiger partial charge in [0.1, 0.15) is 6.23 Å². The van der Waals surface area contributed by atoms with Crippen molar-refractivity contribution in [1.82, 2.24) is 34.4 Å². The molecule has 3 saturated heterocycles. The van der Waals surface area contributed by atoms with Gasteiger partial charge in [-0.25, -0.2) is 24.9 Å². The van der Waals surface area contributed by atoms with E-state index >= 15 is 0 Å². The van der Waals surface area contributed by atoms with Crippen LogP contribution in [0, 0.1) is 5.92 Å². The summed E-state index contributed by atoms with van der Waals surface area (Å²) in [7, 11) is 0. The summed E-state index contributed by atoms with van der Waals surface area (Å²) in [5.41, 5.74) is 8.13. The van der Waals surface area contributed by atoms with E-state index in [9.17, 15) is 0 Å². The summed E-state index contributed by atoms with van der Waals surface area (Å²) in [6.07, 6.45) is 3.92. The average Bonchev–Trinajstić information content (AvgIpc) is 3.51. The lowest BCUT2D eigenvalue weighted by atomic mass is 10.2. The molecule has 2 N–H and O–H groups in total. The Hall–Kier alpha value is -3.09. The second-order valence-corrected chi connectivity index (χ2v) is 10.7. The molecule has 6 heterocycles. The van der Waals surface area contributed by atoms with Crippen molar-refractivity contribution in [2.75, 3.05) is 61.5 Å². The molecule has 3 aliphatic heterocycles. The Labute approximate surface area is 216 Å². The van der Waals surface area contributed by atoms with Gasteiger partial charge in [0.15, 0.2) is 22.8 Å². The lowest BCUT2D eigenvalue weighted by Crippen LogP contribution is -2.54. The Balaban J connectivity index is 1.45. The number of ether oxygens (including phenoxy) is 2.